The van der Waals surface area contributed by atoms with E-state index < -0.39 is 7.15 Å². The van der Waals surface area contributed by atoms with Crippen LogP contribution in [0, 0.1) is 0 Å². The topological polar surface area (TPSA) is 43.4 Å². The van der Waals surface area contributed by atoms with Crippen molar-refractivity contribution in [1.29, 1.82) is 0 Å². The molecule has 0 saturated heterocycles. The van der Waals surface area contributed by atoms with Crippen molar-refractivity contribution in [2.75, 3.05) is 19.1 Å². The Morgan fingerprint density at radius 2 is 1.68 bits per heavy atom. The molecule has 0 fully saturated rings. The molecule has 0 aliphatic heterocycles. The van der Waals surface area contributed by atoms with Crippen LogP contribution in [0.15, 0.2) is 49.6 Å². The smallest absolute Gasteiger partial charge is 0.302 e. The van der Waals surface area contributed by atoms with Crippen LogP contribution in [-0.2, 0) is 14.3 Å². The van der Waals surface area contributed by atoms with Crippen LogP contribution in [-0.4, -0.2) is 31.8 Å². The normalized spacial score (nSPS) is 7.42. The van der Waals surface area contributed by atoms with Gasteiger partial charge < -0.3 is 9.53 Å². The second-order valence-electron chi connectivity index (χ2n) is 2.64. The fourth-order valence-corrected chi connectivity index (χ4v) is 0.537. The molecule has 0 bridgehead atoms. The maximum atomic E-state index is 10.2. The van der Waals surface area contributed by atoms with Gasteiger partial charge in [-0.2, -0.15) is 0 Å². The van der Waals surface area contributed by atoms with Crippen molar-refractivity contribution in [1.82, 2.24) is 0 Å². The van der Waals surface area contributed by atoms with Crippen LogP contribution in [0.2, 0.25) is 0 Å². The molecule has 0 aromatic carbocycles. The summed E-state index contributed by atoms with van der Waals surface area (Å²) in [6.45, 7) is 17.7. The lowest BCUT2D eigenvalue weighted by Crippen LogP contribution is -2.00. The van der Waals surface area contributed by atoms with Gasteiger partial charge in [-0.1, -0.05) is 54.4 Å². The molecule has 0 spiro atoms. The van der Waals surface area contributed by atoms with E-state index in [1.807, 2.05) is 6.79 Å². The van der Waals surface area contributed by atoms with Gasteiger partial charge in [0.15, 0.2) is 0 Å². The summed E-state index contributed by atoms with van der Waals surface area (Å²) in [5.41, 5.74) is 1.74. The van der Waals surface area contributed by atoms with E-state index in [9.17, 15) is 9.18 Å². The number of alkyl halides is 2. The minimum absolute atomic E-state index is 0.249. The third kappa shape index (κ3) is 38.4. The second-order valence-corrected chi connectivity index (χ2v) is 3.20. The summed E-state index contributed by atoms with van der Waals surface area (Å²) in [5, 5.41) is 0.830. The first kappa shape index (κ1) is 22.7. The Bertz CT molecular complexity index is 294. The molecular weight excluding hydrogens is 315 g/mol. The number of esters is 1. The summed E-state index contributed by atoms with van der Waals surface area (Å²) in [6.07, 6.45) is 3.29. The summed E-state index contributed by atoms with van der Waals surface area (Å²) in [5.74, 6) is -0.294. The standard InChI is InChI=1S/C7H10O2.C5H7Br.CH3F.CH2O/c1-4-6(2)5-9-7(3)8;1-3-5(2)4-6;2*1-2/h4H,1-2,5H2,3H3;3H,1-2,4H2;1H3;1H2/i;;1D;. The van der Waals surface area contributed by atoms with Crippen molar-refractivity contribution < 1.29 is 20.1 Å². The van der Waals surface area contributed by atoms with Gasteiger partial charge in [-0.15, -0.1) is 0 Å². The predicted octanol–water partition coefficient (Wildman–Crippen LogP) is 3.82. The van der Waals surface area contributed by atoms with E-state index in [1.165, 1.54) is 6.92 Å². The van der Waals surface area contributed by atoms with Crippen LogP contribution in [0.1, 0.15) is 8.29 Å². The van der Waals surface area contributed by atoms with E-state index in [2.05, 4.69) is 47.0 Å². The van der Waals surface area contributed by atoms with Gasteiger partial charge in [-0.05, 0) is 11.1 Å². The number of allylic oxidation sites excluding steroid dienone is 2. The molecule has 0 atom stereocenters. The Hall–Kier alpha value is -1.49. The molecule has 0 aromatic heterocycles. The first-order valence-corrected chi connectivity index (χ1v) is 5.95. The molecule has 0 radical (unpaired) electrons. The van der Waals surface area contributed by atoms with Crippen molar-refractivity contribution in [3.8, 4) is 0 Å². The van der Waals surface area contributed by atoms with Crippen LogP contribution < -0.4 is 0 Å². The van der Waals surface area contributed by atoms with Gasteiger partial charge in [0.25, 0.3) is 0 Å². The SMILES string of the molecule is C=CC(=C)CBr.C=CC(=C)COC(C)=O.C=O.[2H]CF. The highest BCUT2D eigenvalue weighted by Crippen LogP contribution is 1.93. The van der Waals surface area contributed by atoms with E-state index in [4.69, 9.17) is 6.17 Å². The molecule has 3 nitrogen and oxygen atoms in total. The number of rotatable bonds is 5. The van der Waals surface area contributed by atoms with Gasteiger partial charge in [0.2, 0.25) is 0 Å². The van der Waals surface area contributed by atoms with E-state index in [0.717, 1.165) is 10.9 Å². The maximum absolute atomic E-state index is 10.2. The van der Waals surface area contributed by atoms with Crippen LogP contribution >= 0.6 is 15.9 Å². The van der Waals surface area contributed by atoms with E-state index >= 15 is 0 Å². The lowest BCUT2D eigenvalue weighted by atomic mass is 10.3. The van der Waals surface area contributed by atoms with E-state index in [0.29, 0.717) is 5.57 Å². The molecule has 0 aliphatic rings. The largest absolute Gasteiger partial charge is 0.461 e. The third-order valence-corrected chi connectivity index (χ3v) is 1.93. The van der Waals surface area contributed by atoms with Crippen LogP contribution in [0.3, 0.4) is 0 Å². The van der Waals surface area contributed by atoms with Crippen LogP contribution in [0.25, 0.3) is 0 Å². The Labute approximate surface area is 125 Å². The molecule has 0 aromatic rings. The summed E-state index contributed by atoms with van der Waals surface area (Å²) in [6, 6.07) is 0. The number of hydrogen-bond acceptors (Lipinski definition) is 3. The highest BCUT2D eigenvalue weighted by atomic mass is 79.9. The van der Waals surface area contributed by atoms with Gasteiger partial charge in [0.1, 0.15) is 13.4 Å². The number of ether oxygens (including phenoxy) is 1. The maximum Gasteiger partial charge on any atom is 0.302 e. The Morgan fingerprint density at radius 1 is 1.32 bits per heavy atom. The lowest BCUT2D eigenvalue weighted by Gasteiger charge is -1.98. The second kappa shape index (κ2) is 25.4. The van der Waals surface area contributed by atoms with Gasteiger partial charge in [-0.25, -0.2) is 0 Å². The Balaban J connectivity index is -0.000000101. The molecule has 0 rings (SSSR count). The zero-order valence-electron chi connectivity index (χ0n) is 12.3. The molecule has 0 N–H and O–H groups in total. The fraction of sp³-hybridized carbons (Fsp3) is 0.286. The number of carbonyl (C=O) groups is 2. The average Bonchev–Trinajstić information content (AvgIpc) is 2.47. The van der Waals surface area contributed by atoms with Crippen molar-refractivity contribution in [3.63, 3.8) is 0 Å². The highest BCUT2D eigenvalue weighted by Gasteiger charge is 1.91. The first-order chi connectivity index (χ1) is 9.39. The number of halogens is 2. The number of carbonyl (C=O) groups excluding carboxylic acids is 2. The van der Waals surface area contributed by atoms with Crippen molar-refractivity contribution in [2.45, 2.75) is 6.92 Å². The highest BCUT2D eigenvalue weighted by molar-refractivity contribution is 9.09. The van der Waals surface area contributed by atoms with Crippen molar-refractivity contribution >= 4 is 28.7 Å². The lowest BCUT2D eigenvalue weighted by molar-refractivity contribution is -0.139. The Morgan fingerprint density at radius 3 is 1.84 bits per heavy atom. The van der Waals surface area contributed by atoms with Crippen LogP contribution in [0.5, 0.6) is 0 Å². The summed E-state index contributed by atoms with van der Waals surface area (Å²) in [4.78, 5) is 18.2. The molecular formula is C14H22BrFO3. The molecule has 0 saturated carbocycles. The van der Waals surface area contributed by atoms with Gasteiger partial charge in [0.05, 0.1) is 8.52 Å². The molecule has 0 heterocycles. The first-order valence-electron chi connectivity index (χ1n) is 5.54. The Kier molecular flexibility index (Phi) is 30.3. The monoisotopic (exact) mass is 337 g/mol. The molecule has 19 heavy (non-hydrogen) atoms. The fourth-order valence-electron chi connectivity index (χ4n) is 0.308. The minimum atomic E-state index is -1.00. The zero-order chi connectivity index (χ0) is 17.0. The van der Waals surface area contributed by atoms with E-state index in [-0.39, 0.29) is 12.6 Å². The quantitative estimate of drug-likeness (QED) is 0.435. The molecule has 0 amide bonds. The molecule has 0 unspecified atom stereocenters. The predicted molar refractivity (Wildman–Crippen MR) is 83.3 cm³/mol. The summed E-state index contributed by atoms with van der Waals surface area (Å²) >= 11 is 3.20. The minimum Gasteiger partial charge on any atom is -0.461 e. The van der Waals surface area contributed by atoms with Crippen molar-refractivity contribution in [3.05, 3.63) is 49.6 Å². The number of hydrogen-bond donors (Lipinski definition) is 0. The molecule has 5 heteroatoms. The van der Waals surface area contributed by atoms with E-state index in [1.54, 1.807) is 12.2 Å². The van der Waals surface area contributed by atoms with Crippen LogP contribution in [0.4, 0.5) is 4.39 Å². The zero-order valence-corrected chi connectivity index (χ0v) is 12.9. The third-order valence-electron chi connectivity index (χ3n) is 1.21. The van der Waals surface area contributed by atoms with Gasteiger partial charge in [0, 0.05) is 12.3 Å². The van der Waals surface area contributed by atoms with Gasteiger partial charge in [-0.3, -0.25) is 9.18 Å². The van der Waals surface area contributed by atoms with Crippen molar-refractivity contribution in [2.24, 2.45) is 0 Å². The average molecular weight is 338 g/mol. The summed E-state index contributed by atoms with van der Waals surface area (Å²) in [7, 11) is -1.00. The van der Waals surface area contributed by atoms with Gasteiger partial charge >= 0.3 is 5.97 Å². The summed E-state index contributed by atoms with van der Waals surface area (Å²) < 4.78 is 20.1. The molecule has 110 valence electrons. The molecule has 0 aliphatic carbocycles.